The molecule has 1 unspecified atom stereocenters. The number of benzene rings is 1. The van der Waals surface area contributed by atoms with E-state index in [1.54, 1.807) is 25.3 Å². The molecule has 1 heterocycles. The molecule has 0 bridgehead atoms. The monoisotopic (exact) mass is 296 g/mol. The van der Waals surface area contributed by atoms with Crippen LogP contribution in [0.15, 0.2) is 27.5 Å². The van der Waals surface area contributed by atoms with E-state index in [0.717, 1.165) is 0 Å². The summed E-state index contributed by atoms with van der Waals surface area (Å²) in [5.74, 6) is 2.24. The molecular weight excluding hydrogens is 280 g/mol. The van der Waals surface area contributed by atoms with Gasteiger partial charge in [0.2, 0.25) is 11.8 Å². The minimum absolute atomic E-state index is 0.183. The highest BCUT2D eigenvalue weighted by Gasteiger charge is 2.13. The van der Waals surface area contributed by atoms with Crippen molar-refractivity contribution in [3.63, 3.8) is 0 Å². The normalized spacial score (nSPS) is 12.2. The molecule has 0 fully saturated rings. The quantitative estimate of drug-likeness (QED) is 0.811. The van der Waals surface area contributed by atoms with Crippen LogP contribution in [-0.4, -0.2) is 28.6 Å². The molecule has 1 aromatic heterocycles. The lowest BCUT2D eigenvalue weighted by molar-refractivity contribution is 0.354. The Kier molecular flexibility index (Phi) is 4.73. The molecular formula is C13H16N2O4S. The molecule has 2 aromatic rings. The van der Waals surface area contributed by atoms with Gasteiger partial charge in [0.05, 0.1) is 25.0 Å². The third kappa shape index (κ3) is 3.16. The summed E-state index contributed by atoms with van der Waals surface area (Å²) in [5, 5.41) is 7.71. The standard InChI is InChI=1S/C13H16N2O4S/c1-4-12-14-15-13(19-12)8-20(16)9-5-6-10(17-2)11(7-9)18-3/h5-7H,4,8H2,1-3H3. The van der Waals surface area contributed by atoms with Gasteiger partial charge in [-0.2, -0.15) is 0 Å². The number of nitrogens with zero attached hydrogens (tertiary/aromatic N) is 2. The van der Waals surface area contributed by atoms with Crippen LogP contribution in [0.1, 0.15) is 18.7 Å². The number of aryl methyl sites for hydroxylation is 1. The molecule has 0 N–H and O–H groups in total. The Balaban J connectivity index is 2.16. The third-order valence-corrected chi connectivity index (χ3v) is 3.97. The van der Waals surface area contributed by atoms with Crippen molar-refractivity contribution in [1.82, 2.24) is 10.2 Å². The lowest BCUT2D eigenvalue weighted by Gasteiger charge is -2.08. The van der Waals surface area contributed by atoms with E-state index in [4.69, 9.17) is 13.9 Å². The van der Waals surface area contributed by atoms with Crippen LogP contribution in [0.5, 0.6) is 11.5 Å². The first-order chi connectivity index (χ1) is 9.67. The molecule has 0 saturated heterocycles. The van der Waals surface area contributed by atoms with Crippen molar-refractivity contribution in [3.05, 3.63) is 30.0 Å². The van der Waals surface area contributed by atoms with Gasteiger partial charge in [-0.15, -0.1) is 10.2 Å². The average Bonchev–Trinajstić information content (AvgIpc) is 2.94. The number of hydrogen-bond donors (Lipinski definition) is 0. The molecule has 0 saturated carbocycles. The molecule has 7 heteroatoms. The summed E-state index contributed by atoms with van der Waals surface area (Å²) in [6, 6.07) is 5.14. The van der Waals surface area contributed by atoms with E-state index < -0.39 is 10.8 Å². The zero-order valence-electron chi connectivity index (χ0n) is 11.6. The van der Waals surface area contributed by atoms with Gasteiger partial charge in [0, 0.05) is 17.4 Å². The minimum atomic E-state index is -1.28. The lowest BCUT2D eigenvalue weighted by atomic mass is 10.3. The van der Waals surface area contributed by atoms with E-state index in [1.165, 1.54) is 7.11 Å². The maximum atomic E-state index is 12.3. The molecule has 0 aliphatic carbocycles. The Morgan fingerprint density at radius 3 is 2.45 bits per heavy atom. The zero-order valence-corrected chi connectivity index (χ0v) is 12.4. The van der Waals surface area contributed by atoms with Gasteiger partial charge in [-0.05, 0) is 12.1 Å². The summed E-state index contributed by atoms with van der Waals surface area (Å²) in [7, 11) is 1.82. The van der Waals surface area contributed by atoms with Crippen molar-refractivity contribution in [3.8, 4) is 11.5 Å². The van der Waals surface area contributed by atoms with Gasteiger partial charge >= 0.3 is 0 Å². The predicted molar refractivity (Wildman–Crippen MR) is 73.3 cm³/mol. The summed E-state index contributed by atoms with van der Waals surface area (Å²) in [6.07, 6.45) is 0.663. The maximum Gasteiger partial charge on any atom is 0.229 e. The van der Waals surface area contributed by atoms with Crippen LogP contribution in [0.25, 0.3) is 0 Å². The van der Waals surface area contributed by atoms with Crippen molar-refractivity contribution in [2.45, 2.75) is 24.0 Å². The van der Waals surface area contributed by atoms with Gasteiger partial charge in [-0.1, -0.05) is 6.92 Å². The smallest absolute Gasteiger partial charge is 0.229 e. The third-order valence-electron chi connectivity index (χ3n) is 2.68. The van der Waals surface area contributed by atoms with Crippen molar-refractivity contribution in [1.29, 1.82) is 0 Å². The largest absolute Gasteiger partial charge is 0.493 e. The summed E-state index contributed by atoms with van der Waals surface area (Å²) < 4.78 is 28.0. The molecule has 20 heavy (non-hydrogen) atoms. The SMILES string of the molecule is CCc1nnc(CS(=O)c2ccc(OC)c(OC)c2)o1. The second-order valence-corrected chi connectivity index (χ2v) is 5.40. The van der Waals surface area contributed by atoms with Gasteiger partial charge in [-0.3, -0.25) is 4.21 Å². The van der Waals surface area contributed by atoms with Gasteiger partial charge in [0.25, 0.3) is 0 Å². The van der Waals surface area contributed by atoms with E-state index in [2.05, 4.69) is 10.2 Å². The van der Waals surface area contributed by atoms with Gasteiger partial charge in [0.1, 0.15) is 5.75 Å². The van der Waals surface area contributed by atoms with Crippen molar-refractivity contribution < 1.29 is 18.1 Å². The van der Waals surface area contributed by atoms with E-state index in [-0.39, 0.29) is 5.75 Å². The first-order valence-corrected chi connectivity index (χ1v) is 7.41. The lowest BCUT2D eigenvalue weighted by Crippen LogP contribution is -1.98. The fraction of sp³-hybridized carbons (Fsp3) is 0.385. The average molecular weight is 296 g/mol. The van der Waals surface area contributed by atoms with Gasteiger partial charge in [0.15, 0.2) is 11.5 Å². The number of ether oxygens (including phenoxy) is 2. The Morgan fingerprint density at radius 1 is 1.15 bits per heavy atom. The number of hydrogen-bond acceptors (Lipinski definition) is 6. The molecule has 0 radical (unpaired) electrons. The van der Waals surface area contributed by atoms with E-state index in [0.29, 0.717) is 34.6 Å². The topological polar surface area (TPSA) is 74.5 Å². The highest BCUT2D eigenvalue weighted by molar-refractivity contribution is 7.84. The molecule has 1 atom stereocenters. The molecule has 2 rings (SSSR count). The fourth-order valence-corrected chi connectivity index (χ4v) is 2.61. The maximum absolute atomic E-state index is 12.3. The predicted octanol–water partition coefficient (Wildman–Crippen LogP) is 1.96. The van der Waals surface area contributed by atoms with Gasteiger partial charge in [-0.25, -0.2) is 0 Å². The highest BCUT2D eigenvalue weighted by Crippen LogP contribution is 2.29. The van der Waals surface area contributed by atoms with Gasteiger partial charge < -0.3 is 13.9 Å². The number of rotatable bonds is 6. The molecule has 0 spiro atoms. The second kappa shape index (κ2) is 6.51. The molecule has 1 aromatic carbocycles. The van der Waals surface area contributed by atoms with E-state index >= 15 is 0 Å². The zero-order chi connectivity index (χ0) is 14.5. The van der Waals surface area contributed by atoms with Crippen LogP contribution in [0.4, 0.5) is 0 Å². The second-order valence-electron chi connectivity index (χ2n) is 3.95. The van der Waals surface area contributed by atoms with Crippen LogP contribution >= 0.6 is 0 Å². The Labute approximate surface area is 119 Å². The summed E-state index contributed by atoms with van der Waals surface area (Å²) in [4.78, 5) is 0.624. The molecule has 6 nitrogen and oxygen atoms in total. The molecule has 108 valence electrons. The van der Waals surface area contributed by atoms with Crippen LogP contribution in [0, 0.1) is 0 Å². The van der Waals surface area contributed by atoms with Crippen LogP contribution in [-0.2, 0) is 23.0 Å². The van der Waals surface area contributed by atoms with Crippen molar-refractivity contribution in [2.24, 2.45) is 0 Å². The van der Waals surface area contributed by atoms with Crippen molar-refractivity contribution in [2.75, 3.05) is 14.2 Å². The molecule has 0 aliphatic rings. The Morgan fingerprint density at radius 2 is 1.85 bits per heavy atom. The van der Waals surface area contributed by atoms with Crippen LogP contribution in [0.2, 0.25) is 0 Å². The fourth-order valence-electron chi connectivity index (χ4n) is 1.64. The summed E-state index contributed by atoms with van der Waals surface area (Å²) in [5.41, 5.74) is 0. The van der Waals surface area contributed by atoms with Crippen molar-refractivity contribution >= 4 is 10.8 Å². The number of methoxy groups -OCH3 is 2. The highest BCUT2D eigenvalue weighted by atomic mass is 32.2. The van der Waals surface area contributed by atoms with E-state index in [1.807, 2.05) is 6.92 Å². The molecule has 0 amide bonds. The molecule has 0 aliphatic heterocycles. The minimum Gasteiger partial charge on any atom is -0.493 e. The summed E-state index contributed by atoms with van der Waals surface area (Å²) in [6.45, 7) is 1.92. The van der Waals surface area contributed by atoms with Crippen LogP contribution < -0.4 is 9.47 Å². The first-order valence-electron chi connectivity index (χ1n) is 6.09. The Bertz CT molecular complexity index is 612. The Hall–Kier alpha value is -1.89. The van der Waals surface area contributed by atoms with Crippen LogP contribution in [0.3, 0.4) is 0 Å². The number of aromatic nitrogens is 2. The summed E-state index contributed by atoms with van der Waals surface area (Å²) >= 11 is 0. The first kappa shape index (κ1) is 14.5. The van der Waals surface area contributed by atoms with E-state index in [9.17, 15) is 4.21 Å².